The topological polar surface area (TPSA) is 54.5 Å². The number of hydrogen-bond donors (Lipinski definition) is 0. The minimum atomic E-state index is -3.18. The summed E-state index contributed by atoms with van der Waals surface area (Å²) in [5.74, 6) is -0.303. The zero-order chi connectivity index (χ0) is 15.8. The second-order valence-corrected chi connectivity index (χ2v) is 8.43. The summed E-state index contributed by atoms with van der Waals surface area (Å²) in [6.07, 6.45) is 3.28. The molecule has 0 aliphatic heterocycles. The maximum Gasteiger partial charge on any atom is 0.255 e. The van der Waals surface area contributed by atoms with E-state index in [0.29, 0.717) is 23.4 Å². The van der Waals surface area contributed by atoms with Gasteiger partial charge in [-0.05, 0) is 31.4 Å². The summed E-state index contributed by atoms with van der Waals surface area (Å²) in [4.78, 5) is 14.0. The Morgan fingerprint density at radius 1 is 1.29 bits per heavy atom. The molecule has 4 nitrogen and oxygen atoms in total. The van der Waals surface area contributed by atoms with Gasteiger partial charge in [-0.3, -0.25) is 4.79 Å². The van der Waals surface area contributed by atoms with E-state index >= 15 is 0 Å². The zero-order valence-corrected chi connectivity index (χ0v) is 14.2. The van der Waals surface area contributed by atoms with Gasteiger partial charge >= 0.3 is 0 Å². The van der Waals surface area contributed by atoms with Gasteiger partial charge in [-0.15, -0.1) is 0 Å². The molecule has 1 aliphatic rings. The number of nitrogens with zero attached hydrogens (tertiary/aromatic N) is 1. The first-order valence-corrected chi connectivity index (χ1v) is 9.34. The van der Waals surface area contributed by atoms with Crippen LogP contribution in [0.2, 0.25) is 10.0 Å². The molecule has 0 aromatic heterocycles. The van der Waals surface area contributed by atoms with E-state index in [4.69, 9.17) is 23.2 Å². The zero-order valence-electron chi connectivity index (χ0n) is 11.8. The Kier molecular flexibility index (Phi) is 4.85. The Labute approximate surface area is 134 Å². The van der Waals surface area contributed by atoms with Crippen molar-refractivity contribution in [2.45, 2.75) is 30.6 Å². The van der Waals surface area contributed by atoms with Crippen LogP contribution >= 0.6 is 23.2 Å². The number of hydrogen-bond acceptors (Lipinski definition) is 3. The number of carbonyl (C=O) groups excluding carboxylic acids is 1. The smallest absolute Gasteiger partial charge is 0.255 e. The van der Waals surface area contributed by atoms with E-state index < -0.39 is 15.1 Å². The molecule has 1 fully saturated rings. The molecule has 21 heavy (non-hydrogen) atoms. The van der Waals surface area contributed by atoms with E-state index in [-0.39, 0.29) is 17.0 Å². The largest absolute Gasteiger partial charge is 0.337 e. The Morgan fingerprint density at radius 3 is 2.57 bits per heavy atom. The fourth-order valence-electron chi connectivity index (χ4n) is 2.86. The molecule has 2 atom stereocenters. The summed E-state index contributed by atoms with van der Waals surface area (Å²) in [6.45, 7) is 0. The quantitative estimate of drug-likeness (QED) is 0.842. The van der Waals surface area contributed by atoms with Crippen LogP contribution in [0, 0.1) is 0 Å². The van der Waals surface area contributed by atoms with Gasteiger partial charge in [0.15, 0.2) is 9.84 Å². The van der Waals surface area contributed by atoms with Crippen LogP contribution in [0.1, 0.15) is 29.6 Å². The van der Waals surface area contributed by atoms with Gasteiger partial charge in [0.2, 0.25) is 0 Å². The highest BCUT2D eigenvalue weighted by Gasteiger charge is 2.39. The first-order chi connectivity index (χ1) is 9.73. The molecule has 0 saturated heterocycles. The van der Waals surface area contributed by atoms with Crippen molar-refractivity contribution in [1.82, 2.24) is 4.90 Å². The number of sulfone groups is 1. The Bertz CT molecular complexity index is 660. The van der Waals surface area contributed by atoms with Crippen LogP contribution in [0.4, 0.5) is 0 Å². The van der Waals surface area contributed by atoms with Gasteiger partial charge < -0.3 is 4.90 Å². The summed E-state index contributed by atoms with van der Waals surface area (Å²) < 4.78 is 23.7. The van der Waals surface area contributed by atoms with Crippen LogP contribution in [-0.4, -0.2) is 43.8 Å². The highest BCUT2D eigenvalue weighted by Crippen LogP contribution is 2.31. The summed E-state index contributed by atoms with van der Waals surface area (Å²) in [6, 6.07) is 4.54. The first-order valence-electron chi connectivity index (χ1n) is 6.63. The summed E-state index contributed by atoms with van der Waals surface area (Å²) in [5.41, 5.74) is 0.297. The molecule has 0 unspecified atom stereocenters. The molecule has 0 bridgehead atoms. The van der Waals surface area contributed by atoms with Crippen LogP contribution in [0.25, 0.3) is 0 Å². The van der Waals surface area contributed by atoms with Gasteiger partial charge in [0.1, 0.15) is 0 Å². The first kappa shape index (κ1) is 16.6. The van der Waals surface area contributed by atoms with Gasteiger partial charge in [-0.25, -0.2) is 8.42 Å². The van der Waals surface area contributed by atoms with Crippen LogP contribution in [0.15, 0.2) is 18.2 Å². The van der Waals surface area contributed by atoms with Crippen LogP contribution in [0.3, 0.4) is 0 Å². The minimum absolute atomic E-state index is 0.199. The SMILES string of the molecule is CN(C(=O)c1cccc(Cl)c1Cl)[C@H]1CCC[C@H]1S(C)(=O)=O. The Balaban J connectivity index is 2.29. The molecule has 0 radical (unpaired) electrons. The molecule has 0 heterocycles. The molecule has 1 aliphatic carbocycles. The average Bonchev–Trinajstić information content (AvgIpc) is 2.89. The Morgan fingerprint density at radius 2 is 1.95 bits per heavy atom. The number of rotatable bonds is 3. The minimum Gasteiger partial charge on any atom is -0.337 e. The van der Waals surface area contributed by atoms with Gasteiger partial charge in [0, 0.05) is 19.3 Å². The van der Waals surface area contributed by atoms with E-state index in [1.54, 1.807) is 25.2 Å². The molecular formula is C14H17Cl2NO3S. The van der Waals surface area contributed by atoms with E-state index in [9.17, 15) is 13.2 Å². The van der Waals surface area contributed by atoms with Crippen molar-refractivity contribution in [1.29, 1.82) is 0 Å². The predicted molar refractivity (Wildman–Crippen MR) is 84.8 cm³/mol. The molecule has 1 amide bonds. The summed E-state index contributed by atoms with van der Waals surface area (Å²) in [7, 11) is -1.56. The molecule has 0 N–H and O–H groups in total. The van der Waals surface area contributed by atoms with Crippen molar-refractivity contribution < 1.29 is 13.2 Å². The van der Waals surface area contributed by atoms with Crippen LogP contribution in [0.5, 0.6) is 0 Å². The molecular weight excluding hydrogens is 333 g/mol. The van der Waals surface area contributed by atoms with Crippen LogP contribution in [-0.2, 0) is 9.84 Å². The van der Waals surface area contributed by atoms with Crippen LogP contribution < -0.4 is 0 Å². The lowest BCUT2D eigenvalue weighted by Gasteiger charge is -2.29. The highest BCUT2D eigenvalue weighted by molar-refractivity contribution is 7.91. The lowest BCUT2D eigenvalue weighted by atomic mass is 10.1. The molecule has 1 aromatic carbocycles. The van der Waals surface area contributed by atoms with Gasteiger partial charge in [0.25, 0.3) is 5.91 Å². The third-order valence-electron chi connectivity index (χ3n) is 3.97. The molecule has 7 heteroatoms. The van der Waals surface area contributed by atoms with E-state index in [0.717, 1.165) is 6.42 Å². The Hall–Kier alpha value is -0.780. The lowest BCUT2D eigenvalue weighted by molar-refractivity contribution is 0.0737. The third kappa shape index (κ3) is 3.35. The van der Waals surface area contributed by atoms with Crippen molar-refractivity contribution in [2.75, 3.05) is 13.3 Å². The lowest BCUT2D eigenvalue weighted by Crippen LogP contribution is -2.44. The third-order valence-corrected chi connectivity index (χ3v) is 6.44. The predicted octanol–water partition coefficient (Wildman–Crippen LogP) is 3.03. The normalized spacial score (nSPS) is 22.3. The average molecular weight is 350 g/mol. The summed E-state index contributed by atoms with van der Waals surface area (Å²) >= 11 is 12.0. The molecule has 2 rings (SSSR count). The summed E-state index contributed by atoms with van der Waals surface area (Å²) in [5, 5.41) is -0.00340. The maximum absolute atomic E-state index is 12.6. The van der Waals surface area contributed by atoms with Gasteiger partial charge in [-0.1, -0.05) is 29.3 Å². The molecule has 1 saturated carbocycles. The molecule has 116 valence electrons. The van der Waals surface area contributed by atoms with Crippen molar-refractivity contribution in [3.63, 3.8) is 0 Å². The van der Waals surface area contributed by atoms with E-state index in [1.807, 2.05) is 0 Å². The fourth-order valence-corrected chi connectivity index (χ4v) is 4.72. The van der Waals surface area contributed by atoms with E-state index in [1.165, 1.54) is 11.2 Å². The number of amides is 1. The number of benzene rings is 1. The second kappa shape index (κ2) is 6.15. The standard InChI is InChI=1S/C14H17Cl2NO3S/c1-17(11-7-4-8-12(11)21(2,19)20)14(18)9-5-3-6-10(15)13(9)16/h3,5-6,11-12H,4,7-8H2,1-2H3/t11-,12+/m0/s1. The molecule has 1 aromatic rings. The van der Waals surface area contributed by atoms with Crippen molar-refractivity contribution in [3.05, 3.63) is 33.8 Å². The maximum atomic E-state index is 12.6. The monoisotopic (exact) mass is 349 g/mol. The van der Waals surface area contributed by atoms with Crippen molar-refractivity contribution >= 4 is 38.9 Å². The van der Waals surface area contributed by atoms with Crippen molar-refractivity contribution in [2.24, 2.45) is 0 Å². The molecule has 0 spiro atoms. The highest BCUT2D eigenvalue weighted by atomic mass is 35.5. The fraction of sp³-hybridized carbons (Fsp3) is 0.500. The van der Waals surface area contributed by atoms with Crippen molar-refractivity contribution in [3.8, 4) is 0 Å². The number of halogens is 2. The van der Waals surface area contributed by atoms with E-state index in [2.05, 4.69) is 0 Å². The number of carbonyl (C=O) groups is 1. The van der Waals surface area contributed by atoms with Gasteiger partial charge in [0.05, 0.1) is 20.9 Å². The van der Waals surface area contributed by atoms with Gasteiger partial charge in [-0.2, -0.15) is 0 Å². The second-order valence-electron chi connectivity index (χ2n) is 5.38.